The zero-order valence-electron chi connectivity index (χ0n) is 19.1. The number of hydrogen-bond acceptors (Lipinski definition) is 4. The molecule has 3 aromatic rings. The molecule has 1 atom stereocenters. The first-order valence-corrected chi connectivity index (χ1v) is 11.3. The van der Waals surface area contributed by atoms with Gasteiger partial charge >= 0.3 is 0 Å². The Morgan fingerprint density at radius 2 is 2.03 bits per heavy atom. The lowest BCUT2D eigenvalue weighted by Gasteiger charge is -2.34. The first kappa shape index (κ1) is 20.6. The average molecular weight is 432 g/mol. The van der Waals surface area contributed by atoms with E-state index in [1.807, 2.05) is 10.9 Å². The van der Waals surface area contributed by atoms with Crippen molar-refractivity contribution in [2.45, 2.75) is 52.6 Å². The van der Waals surface area contributed by atoms with Gasteiger partial charge in [0.1, 0.15) is 11.5 Å². The van der Waals surface area contributed by atoms with E-state index in [9.17, 15) is 9.90 Å². The molecule has 5 rings (SSSR count). The molecule has 0 aliphatic carbocycles. The molecule has 0 saturated heterocycles. The highest BCUT2D eigenvalue weighted by molar-refractivity contribution is 5.83. The van der Waals surface area contributed by atoms with E-state index in [0.717, 1.165) is 46.5 Å². The van der Waals surface area contributed by atoms with Crippen molar-refractivity contribution in [2.75, 3.05) is 6.61 Å². The molecule has 4 heterocycles. The third-order valence-corrected chi connectivity index (χ3v) is 6.70. The van der Waals surface area contributed by atoms with Crippen LogP contribution in [-0.2, 0) is 12.8 Å². The predicted octanol–water partition coefficient (Wildman–Crippen LogP) is 5.18. The number of hydrogen-bond donors (Lipinski definition) is 1. The van der Waals surface area contributed by atoms with Crippen molar-refractivity contribution in [1.29, 1.82) is 0 Å². The SMILES string of the molecule is C=C(O)c1cn2c(cc1=O)-c1c(cc(-c3cnn(C(C)C)c3)c3c1CCO3)C[C@H]2C(C)C. The van der Waals surface area contributed by atoms with Crippen molar-refractivity contribution in [2.24, 2.45) is 5.92 Å². The summed E-state index contributed by atoms with van der Waals surface area (Å²) in [4.78, 5) is 12.8. The van der Waals surface area contributed by atoms with Gasteiger partial charge in [0.15, 0.2) is 5.43 Å². The highest BCUT2D eigenvalue weighted by Gasteiger charge is 2.33. The fourth-order valence-corrected chi connectivity index (χ4v) is 5.02. The molecule has 2 aliphatic rings. The lowest BCUT2D eigenvalue weighted by atomic mass is 9.82. The van der Waals surface area contributed by atoms with Crippen LogP contribution in [0.3, 0.4) is 0 Å². The van der Waals surface area contributed by atoms with Crippen molar-refractivity contribution >= 4 is 5.76 Å². The number of nitrogens with zero attached hydrogens (tertiary/aromatic N) is 3. The normalized spacial score (nSPS) is 16.6. The molecule has 0 saturated carbocycles. The van der Waals surface area contributed by atoms with Crippen molar-refractivity contribution < 1.29 is 9.84 Å². The number of pyridine rings is 1. The smallest absolute Gasteiger partial charge is 0.193 e. The monoisotopic (exact) mass is 431 g/mol. The number of benzene rings is 1. The number of aliphatic hydroxyl groups is 1. The lowest BCUT2D eigenvalue weighted by Crippen LogP contribution is -2.27. The fourth-order valence-electron chi connectivity index (χ4n) is 5.02. The summed E-state index contributed by atoms with van der Waals surface area (Å²) in [5.74, 6) is 1.05. The molecule has 0 fully saturated rings. The largest absolute Gasteiger partial charge is 0.508 e. The van der Waals surface area contributed by atoms with Gasteiger partial charge in [0.2, 0.25) is 0 Å². The molecule has 1 N–H and O–H groups in total. The molecule has 6 heteroatoms. The van der Waals surface area contributed by atoms with Crippen molar-refractivity contribution in [3.63, 3.8) is 0 Å². The van der Waals surface area contributed by atoms with E-state index < -0.39 is 0 Å². The Morgan fingerprint density at radius 1 is 1.25 bits per heavy atom. The van der Waals surface area contributed by atoms with Crippen molar-refractivity contribution in [1.82, 2.24) is 14.3 Å². The van der Waals surface area contributed by atoms with E-state index in [4.69, 9.17) is 4.74 Å². The van der Waals surface area contributed by atoms with Crippen LogP contribution >= 0.6 is 0 Å². The maximum absolute atomic E-state index is 12.8. The summed E-state index contributed by atoms with van der Waals surface area (Å²) in [6.45, 7) is 12.8. The van der Waals surface area contributed by atoms with Crippen LogP contribution in [0.5, 0.6) is 5.75 Å². The molecule has 2 aromatic heterocycles. The molecule has 2 aliphatic heterocycles. The minimum atomic E-state index is -0.214. The van der Waals surface area contributed by atoms with E-state index in [1.165, 1.54) is 5.56 Å². The van der Waals surface area contributed by atoms with Gasteiger partial charge in [-0.15, -0.1) is 0 Å². The third-order valence-electron chi connectivity index (χ3n) is 6.70. The van der Waals surface area contributed by atoms with Crippen LogP contribution in [0, 0.1) is 5.92 Å². The van der Waals surface area contributed by atoms with Crippen LogP contribution in [-0.4, -0.2) is 26.1 Å². The van der Waals surface area contributed by atoms with E-state index in [1.54, 1.807) is 12.3 Å². The van der Waals surface area contributed by atoms with Crippen LogP contribution in [0.25, 0.3) is 28.1 Å². The Kier molecular flexibility index (Phi) is 4.77. The summed E-state index contributed by atoms with van der Waals surface area (Å²) < 4.78 is 10.2. The number of aromatic nitrogens is 3. The molecule has 166 valence electrons. The van der Waals surface area contributed by atoms with Gasteiger partial charge in [-0.3, -0.25) is 9.48 Å². The van der Waals surface area contributed by atoms with Gasteiger partial charge in [0, 0.05) is 59.2 Å². The van der Waals surface area contributed by atoms with Crippen LogP contribution in [0.2, 0.25) is 0 Å². The van der Waals surface area contributed by atoms with Gasteiger partial charge in [-0.25, -0.2) is 0 Å². The average Bonchev–Trinajstić information content (AvgIpc) is 3.41. The van der Waals surface area contributed by atoms with Gasteiger partial charge < -0.3 is 14.4 Å². The zero-order chi connectivity index (χ0) is 22.7. The van der Waals surface area contributed by atoms with Crippen molar-refractivity contribution in [3.8, 4) is 28.1 Å². The van der Waals surface area contributed by atoms with Crippen molar-refractivity contribution in [3.05, 3.63) is 64.2 Å². The van der Waals surface area contributed by atoms with Crippen LogP contribution in [0.1, 0.15) is 56.5 Å². The van der Waals surface area contributed by atoms with E-state index in [2.05, 4.69) is 56.2 Å². The number of aliphatic hydroxyl groups excluding tert-OH is 1. The second kappa shape index (κ2) is 7.40. The minimum Gasteiger partial charge on any atom is -0.508 e. The number of fused-ring (bicyclic) bond motifs is 5. The van der Waals surface area contributed by atoms with Crippen LogP contribution < -0.4 is 10.2 Å². The molecule has 0 amide bonds. The van der Waals surface area contributed by atoms with Gasteiger partial charge in [-0.05, 0) is 37.8 Å². The summed E-state index contributed by atoms with van der Waals surface area (Å²) in [6.07, 6.45) is 7.41. The molecule has 0 bridgehead atoms. The maximum atomic E-state index is 12.8. The van der Waals surface area contributed by atoms with Crippen LogP contribution in [0.15, 0.2) is 42.1 Å². The molecule has 0 unspecified atom stereocenters. The Bertz CT molecular complexity index is 1300. The fraction of sp³-hybridized carbons (Fsp3) is 0.385. The molecular weight excluding hydrogens is 402 g/mol. The lowest BCUT2D eigenvalue weighted by molar-refractivity contribution is 0.357. The standard InChI is InChI=1S/C26H29N3O3/c1-14(2)22-9-17-8-20(18-11-27-29(12-18)15(3)4)26-19(6-7-32-26)25(17)23-10-24(31)21(16(5)30)13-28(22)23/h8,10-15,22,30H,5-7,9H2,1-4H3/t22-/m0/s1. The highest BCUT2D eigenvalue weighted by Crippen LogP contribution is 2.48. The Morgan fingerprint density at radius 3 is 2.69 bits per heavy atom. The Labute approximate surface area is 187 Å². The second-order valence-electron chi connectivity index (χ2n) is 9.47. The quantitative estimate of drug-likeness (QED) is 0.578. The second-order valence-corrected chi connectivity index (χ2v) is 9.47. The number of rotatable bonds is 4. The minimum absolute atomic E-state index is 0.169. The predicted molar refractivity (Wildman–Crippen MR) is 126 cm³/mol. The molecule has 0 radical (unpaired) electrons. The first-order valence-electron chi connectivity index (χ1n) is 11.3. The molecular formula is C26H29N3O3. The van der Waals surface area contributed by atoms with Gasteiger partial charge in [-0.1, -0.05) is 20.4 Å². The number of ether oxygens (including phenoxy) is 1. The van der Waals surface area contributed by atoms with Gasteiger partial charge in [0.05, 0.1) is 24.1 Å². The third kappa shape index (κ3) is 3.08. The summed E-state index contributed by atoms with van der Waals surface area (Å²) in [6, 6.07) is 4.33. The molecule has 32 heavy (non-hydrogen) atoms. The van der Waals surface area contributed by atoms with Crippen LogP contribution in [0.4, 0.5) is 0 Å². The van der Waals surface area contributed by atoms with E-state index in [0.29, 0.717) is 12.5 Å². The maximum Gasteiger partial charge on any atom is 0.193 e. The topological polar surface area (TPSA) is 69.3 Å². The van der Waals surface area contributed by atoms with E-state index >= 15 is 0 Å². The highest BCUT2D eigenvalue weighted by atomic mass is 16.5. The molecule has 0 spiro atoms. The summed E-state index contributed by atoms with van der Waals surface area (Å²) in [7, 11) is 0. The summed E-state index contributed by atoms with van der Waals surface area (Å²) in [5.41, 5.74) is 6.55. The van der Waals surface area contributed by atoms with E-state index in [-0.39, 0.29) is 28.8 Å². The zero-order valence-corrected chi connectivity index (χ0v) is 19.1. The Hall–Kier alpha value is -3.28. The summed E-state index contributed by atoms with van der Waals surface area (Å²) in [5, 5.41) is 14.5. The molecule has 6 nitrogen and oxygen atoms in total. The Balaban J connectivity index is 1.77. The molecule has 1 aromatic carbocycles. The van der Waals surface area contributed by atoms with Gasteiger partial charge in [0.25, 0.3) is 0 Å². The summed E-state index contributed by atoms with van der Waals surface area (Å²) >= 11 is 0. The first-order chi connectivity index (χ1) is 15.3. The van der Waals surface area contributed by atoms with Gasteiger partial charge in [-0.2, -0.15) is 5.10 Å².